The van der Waals surface area contributed by atoms with Crippen LogP contribution in [0.2, 0.25) is 0 Å². The molecule has 1 N–H and O–H groups in total. The average Bonchev–Trinajstić information content (AvgIpc) is 2.47. The molecule has 1 aromatic rings. The van der Waals surface area contributed by atoms with Crippen LogP contribution in [0.3, 0.4) is 0 Å². The lowest BCUT2D eigenvalue weighted by atomic mass is 9.97. The van der Waals surface area contributed by atoms with Crippen LogP contribution in [0, 0.1) is 11.7 Å². The van der Waals surface area contributed by atoms with Crippen LogP contribution in [-0.2, 0) is 6.54 Å². The number of anilines is 1. The molecule has 1 unspecified atom stereocenters. The van der Waals surface area contributed by atoms with E-state index in [0.717, 1.165) is 37.3 Å². The molecular formula is C18H29FN2. The number of nitrogens with one attached hydrogen (secondary N) is 1. The highest BCUT2D eigenvalue weighted by molar-refractivity contribution is 5.56. The summed E-state index contributed by atoms with van der Waals surface area (Å²) in [5, 5.41) is 3.45. The van der Waals surface area contributed by atoms with Crippen LogP contribution >= 0.6 is 0 Å². The lowest BCUT2D eigenvalue weighted by molar-refractivity contribution is 0.441. The molecule has 118 valence electrons. The zero-order valence-corrected chi connectivity index (χ0v) is 13.7. The summed E-state index contributed by atoms with van der Waals surface area (Å²) in [6.07, 6.45) is 4.71. The molecule has 0 amide bonds. The molecule has 0 saturated carbocycles. The van der Waals surface area contributed by atoms with Gasteiger partial charge in [0.05, 0.1) is 5.69 Å². The van der Waals surface area contributed by atoms with Gasteiger partial charge in [0.25, 0.3) is 0 Å². The number of halogens is 1. The zero-order chi connectivity index (χ0) is 15.2. The third-order valence-electron chi connectivity index (χ3n) is 4.32. The second kappa shape index (κ2) is 7.79. The molecule has 0 aliphatic carbocycles. The highest BCUT2D eigenvalue weighted by atomic mass is 19.1. The molecule has 1 heterocycles. The van der Waals surface area contributed by atoms with Crippen molar-refractivity contribution in [1.82, 2.24) is 5.32 Å². The van der Waals surface area contributed by atoms with Crippen LogP contribution in [0.1, 0.15) is 52.0 Å². The Hall–Kier alpha value is -1.09. The third kappa shape index (κ3) is 4.19. The Morgan fingerprint density at radius 1 is 1.33 bits per heavy atom. The summed E-state index contributed by atoms with van der Waals surface area (Å²) >= 11 is 0. The predicted molar refractivity (Wildman–Crippen MR) is 88.2 cm³/mol. The van der Waals surface area contributed by atoms with Crippen molar-refractivity contribution in [1.29, 1.82) is 0 Å². The van der Waals surface area contributed by atoms with Gasteiger partial charge in [-0.05, 0) is 49.8 Å². The number of hydrogen-bond acceptors (Lipinski definition) is 2. The Bertz CT molecular complexity index is 445. The average molecular weight is 292 g/mol. The van der Waals surface area contributed by atoms with Crippen molar-refractivity contribution in [2.24, 2.45) is 5.92 Å². The molecule has 2 nitrogen and oxygen atoms in total. The van der Waals surface area contributed by atoms with Gasteiger partial charge in [-0.15, -0.1) is 0 Å². The molecule has 0 spiro atoms. The van der Waals surface area contributed by atoms with Gasteiger partial charge in [-0.25, -0.2) is 4.39 Å². The maximum atomic E-state index is 14.5. The van der Waals surface area contributed by atoms with E-state index in [1.807, 2.05) is 6.07 Å². The van der Waals surface area contributed by atoms with Gasteiger partial charge in [0, 0.05) is 19.1 Å². The van der Waals surface area contributed by atoms with Crippen molar-refractivity contribution in [2.75, 3.05) is 18.0 Å². The van der Waals surface area contributed by atoms with Gasteiger partial charge in [0.1, 0.15) is 5.82 Å². The zero-order valence-electron chi connectivity index (χ0n) is 13.7. The first-order valence-electron chi connectivity index (χ1n) is 8.38. The molecule has 0 aromatic heterocycles. The van der Waals surface area contributed by atoms with Gasteiger partial charge in [-0.2, -0.15) is 0 Å². The SMILES string of the molecule is CCC1CCCCN1c1c(F)cccc1CNCC(C)C. The van der Waals surface area contributed by atoms with E-state index in [2.05, 4.69) is 37.1 Å². The van der Waals surface area contributed by atoms with Gasteiger partial charge < -0.3 is 10.2 Å². The molecule has 1 saturated heterocycles. The van der Waals surface area contributed by atoms with Crippen LogP contribution in [0.15, 0.2) is 18.2 Å². The van der Waals surface area contributed by atoms with Crippen molar-refractivity contribution < 1.29 is 4.39 Å². The van der Waals surface area contributed by atoms with Crippen molar-refractivity contribution in [2.45, 2.75) is 59.0 Å². The van der Waals surface area contributed by atoms with Crippen molar-refractivity contribution in [3.8, 4) is 0 Å². The summed E-state index contributed by atoms with van der Waals surface area (Å²) in [5.41, 5.74) is 1.93. The summed E-state index contributed by atoms with van der Waals surface area (Å²) in [4.78, 5) is 2.31. The standard InChI is InChI=1S/C18H29FN2/c1-4-16-9-5-6-11-21(16)18-15(8-7-10-17(18)19)13-20-12-14(2)3/h7-8,10,14,16,20H,4-6,9,11-13H2,1-3H3. The van der Waals surface area contributed by atoms with E-state index < -0.39 is 0 Å². The molecule has 1 aromatic carbocycles. The van der Waals surface area contributed by atoms with Gasteiger partial charge in [0.2, 0.25) is 0 Å². The molecule has 1 aliphatic rings. The number of piperidine rings is 1. The van der Waals surface area contributed by atoms with E-state index in [1.165, 1.54) is 19.3 Å². The second-order valence-corrected chi connectivity index (χ2v) is 6.52. The Morgan fingerprint density at radius 2 is 2.14 bits per heavy atom. The topological polar surface area (TPSA) is 15.3 Å². The fourth-order valence-electron chi connectivity index (χ4n) is 3.24. The maximum Gasteiger partial charge on any atom is 0.146 e. The van der Waals surface area contributed by atoms with Crippen LogP contribution in [-0.4, -0.2) is 19.1 Å². The number of para-hydroxylation sites is 1. The third-order valence-corrected chi connectivity index (χ3v) is 4.32. The van der Waals surface area contributed by atoms with Gasteiger partial charge >= 0.3 is 0 Å². The van der Waals surface area contributed by atoms with E-state index in [1.54, 1.807) is 6.07 Å². The first-order valence-corrected chi connectivity index (χ1v) is 8.38. The van der Waals surface area contributed by atoms with Crippen molar-refractivity contribution in [3.63, 3.8) is 0 Å². The van der Waals surface area contributed by atoms with E-state index >= 15 is 0 Å². The quantitative estimate of drug-likeness (QED) is 0.839. The van der Waals surface area contributed by atoms with E-state index in [4.69, 9.17) is 0 Å². The van der Waals surface area contributed by atoms with Gasteiger partial charge in [0.15, 0.2) is 0 Å². The molecular weight excluding hydrogens is 263 g/mol. The fraction of sp³-hybridized carbons (Fsp3) is 0.667. The molecule has 1 atom stereocenters. The Labute approximate surface area is 128 Å². The Kier molecular flexibility index (Phi) is 6.04. The van der Waals surface area contributed by atoms with Crippen LogP contribution in [0.4, 0.5) is 10.1 Å². The smallest absolute Gasteiger partial charge is 0.146 e. The number of nitrogens with zero attached hydrogens (tertiary/aromatic N) is 1. The molecule has 21 heavy (non-hydrogen) atoms. The highest BCUT2D eigenvalue weighted by Gasteiger charge is 2.25. The fourth-order valence-corrected chi connectivity index (χ4v) is 3.24. The van der Waals surface area contributed by atoms with Crippen LogP contribution in [0.5, 0.6) is 0 Å². The highest BCUT2D eigenvalue weighted by Crippen LogP contribution is 2.31. The summed E-state index contributed by atoms with van der Waals surface area (Å²) < 4.78 is 14.5. The normalized spacial score (nSPS) is 19.3. The number of hydrogen-bond donors (Lipinski definition) is 1. The first-order chi connectivity index (χ1) is 10.1. The summed E-state index contributed by atoms with van der Waals surface area (Å²) in [7, 11) is 0. The minimum absolute atomic E-state index is 0.0702. The van der Waals surface area contributed by atoms with Crippen LogP contribution < -0.4 is 10.2 Å². The Balaban J connectivity index is 2.19. The number of rotatable bonds is 6. The minimum atomic E-state index is -0.0702. The first kappa shape index (κ1) is 16.3. The van der Waals surface area contributed by atoms with Gasteiger partial charge in [-0.1, -0.05) is 32.9 Å². The number of benzene rings is 1. The van der Waals surface area contributed by atoms with Crippen molar-refractivity contribution >= 4 is 5.69 Å². The molecule has 0 radical (unpaired) electrons. The molecule has 2 rings (SSSR count). The molecule has 1 aliphatic heterocycles. The van der Waals surface area contributed by atoms with Crippen molar-refractivity contribution in [3.05, 3.63) is 29.6 Å². The van der Waals surface area contributed by atoms with Crippen LogP contribution in [0.25, 0.3) is 0 Å². The maximum absolute atomic E-state index is 14.5. The van der Waals surface area contributed by atoms with E-state index in [0.29, 0.717) is 12.0 Å². The predicted octanol–water partition coefficient (Wildman–Crippen LogP) is 4.34. The summed E-state index contributed by atoms with van der Waals surface area (Å²) in [5.74, 6) is 0.541. The summed E-state index contributed by atoms with van der Waals surface area (Å²) in [6.45, 7) is 9.29. The monoisotopic (exact) mass is 292 g/mol. The lowest BCUT2D eigenvalue weighted by Crippen LogP contribution is -2.40. The summed E-state index contributed by atoms with van der Waals surface area (Å²) in [6, 6.07) is 5.98. The van der Waals surface area contributed by atoms with Gasteiger partial charge in [-0.3, -0.25) is 0 Å². The molecule has 0 bridgehead atoms. The minimum Gasteiger partial charge on any atom is -0.366 e. The Morgan fingerprint density at radius 3 is 2.86 bits per heavy atom. The largest absolute Gasteiger partial charge is 0.366 e. The second-order valence-electron chi connectivity index (χ2n) is 6.52. The van der Waals surface area contributed by atoms with E-state index in [9.17, 15) is 4.39 Å². The molecule has 1 fully saturated rings. The lowest BCUT2D eigenvalue weighted by Gasteiger charge is -2.38. The molecule has 3 heteroatoms. The van der Waals surface area contributed by atoms with E-state index in [-0.39, 0.29) is 5.82 Å².